The van der Waals surface area contributed by atoms with Gasteiger partial charge >= 0.3 is 24.3 Å². The molecule has 6 atom stereocenters. The molecule has 3 heterocycles. The van der Waals surface area contributed by atoms with Gasteiger partial charge in [0.05, 0.1) is 6.33 Å². The summed E-state index contributed by atoms with van der Waals surface area (Å²) in [6, 6.07) is 0. The van der Waals surface area contributed by atoms with Crippen LogP contribution in [0.25, 0.3) is 11.2 Å². The summed E-state index contributed by atoms with van der Waals surface area (Å²) in [5.74, 6) is -0.219. The summed E-state index contributed by atoms with van der Waals surface area (Å²) in [5, 5.41) is 20.4. The van der Waals surface area contributed by atoms with Crippen LogP contribution in [0.2, 0.25) is 0 Å². The highest BCUT2D eigenvalue weighted by Gasteiger charge is 2.49. The predicted octanol–water partition coefficient (Wildman–Crippen LogP) is -1.22. The van der Waals surface area contributed by atoms with E-state index in [9.17, 15) is 28.7 Å². The van der Waals surface area contributed by atoms with Crippen molar-refractivity contribution in [2.24, 2.45) is 0 Å². The molecule has 0 bridgehead atoms. The van der Waals surface area contributed by atoms with Crippen molar-refractivity contribution in [2.45, 2.75) is 24.5 Å². The van der Waals surface area contributed by atoms with Gasteiger partial charge in [-0.25, -0.2) is 9.55 Å². The molecule has 20 heteroatoms. The van der Waals surface area contributed by atoms with Crippen LogP contribution in [0, 0.1) is 0 Å². The Balaban J connectivity index is 1.66. The number of ether oxygens (including phenoxy) is 1. The van der Waals surface area contributed by atoms with Crippen molar-refractivity contribution in [3.63, 3.8) is 0 Å². The van der Waals surface area contributed by atoms with Crippen molar-refractivity contribution in [3.8, 4) is 0 Å². The topological polar surface area (TPSA) is 259 Å². The first kappa shape index (κ1) is 22.9. The molecule has 17 nitrogen and oxygen atoms in total. The Bertz CT molecular complexity index is 1080. The number of hydrogen-bond acceptors (Lipinski definition) is 13. The number of nitrogens with one attached hydrogen (secondary N) is 1. The monoisotopic (exact) mass is 489 g/mol. The Labute approximate surface area is 166 Å². The first-order chi connectivity index (χ1) is 14.0. The highest BCUT2D eigenvalue weighted by molar-refractivity contribution is 7.58. The molecular formula is C10H14N5O12P3+2. The van der Waals surface area contributed by atoms with Gasteiger partial charge in [-0.15, -0.1) is 4.52 Å². The van der Waals surface area contributed by atoms with E-state index in [1.54, 1.807) is 0 Å². The number of aliphatic hydroxyl groups is 2. The lowest BCUT2D eigenvalue weighted by atomic mass is 10.1. The summed E-state index contributed by atoms with van der Waals surface area (Å²) in [6.45, 7) is -0.647. The van der Waals surface area contributed by atoms with E-state index < -0.39 is 61.0 Å². The Hall–Kier alpha value is -1.74. The SMILES string of the molecule is Nc1nc2c(ncn2[C@@H]2O[C@H](CO[P+](=O)O[P+](=O)OP(=O)(O)O)C(O)C2O)c(=O)[nH]1. The zero-order valence-electron chi connectivity index (χ0n) is 14.4. The number of rotatable bonds is 8. The largest absolute Gasteiger partial charge is 0.758 e. The molecule has 3 rings (SSSR count). The Morgan fingerprint density at radius 1 is 1.30 bits per heavy atom. The van der Waals surface area contributed by atoms with Gasteiger partial charge in [0.2, 0.25) is 5.95 Å². The van der Waals surface area contributed by atoms with Crippen molar-refractivity contribution in [1.82, 2.24) is 19.5 Å². The third kappa shape index (κ3) is 5.11. The summed E-state index contributed by atoms with van der Waals surface area (Å²) in [5.41, 5.74) is 4.73. The summed E-state index contributed by atoms with van der Waals surface area (Å²) < 4.78 is 52.3. The number of fused-ring (bicyclic) bond motifs is 1. The normalized spacial score (nSPS) is 25.6. The molecule has 0 saturated carbocycles. The molecule has 0 amide bonds. The second-order valence-electron chi connectivity index (χ2n) is 5.72. The van der Waals surface area contributed by atoms with E-state index in [0.29, 0.717) is 0 Å². The van der Waals surface area contributed by atoms with Gasteiger partial charge in [-0.05, 0) is 4.31 Å². The summed E-state index contributed by atoms with van der Waals surface area (Å²) >= 11 is 0. The number of imidazole rings is 1. The number of hydrogen-bond donors (Lipinski definition) is 6. The summed E-state index contributed by atoms with van der Waals surface area (Å²) in [6.07, 6.45) is -4.53. The van der Waals surface area contributed by atoms with Crippen LogP contribution in [-0.2, 0) is 31.6 Å². The number of nitrogens with zero attached hydrogens (tertiary/aromatic N) is 3. The first-order valence-corrected chi connectivity index (χ1v) is 11.4. The number of aliphatic hydroxyl groups excluding tert-OH is 2. The van der Waals surface area contributed by atoms with E-state index in [1.165, 1.54) is 0 Å². The standard InChI is InChI=1S/C10H12N5O12P3/c11-10-13-7-4(8(18)14-10)12-2-15(7)9-6(17)5(16)3(25-9)1-24-28(19)26-29(20)27-30(21,22)23/h2-3,5-6,9,16-17H,1H2,(H3-2,11,13,14,18,21,22,23)/p+2/t3-,5?,6?,9-/m1/s1. The lowest BCUT2D eigenvalue weighted by molar-refractivity contribution is -0.0475. The summed E-state index contributed by atoms with van der Waals surface area (Å²) in [4.78, 5) is 38.8. The van der Waals surface area contributed by atoms with Gasteiger partial charge < -0.3 is 30.5 Å². The number of aromatic amines is 1. The second-order valence-corrected chi connectivity index (χ2v) is 9.16. The molecule has 2 aromatic rings. The van der Waals surface area contributed by atoms with Gasteiger partial charge in [0.25, 0.3) is 5.56 Å². The van der Waals surface area contributed by atoms with Crippen molar-refractivity contribution in [3.05, 3.63) is 16.7 Å². The minimum absolute atomic E-state index is 0.0324. The minimum atomic E-state index is -5.14. The van der Waals surface area contributed by atoms with E-state index in [4.69, 9.17) is 20.3 Å². The quantitative estimate of drug-likeness (QED) is 0.237. The fourth-order valence-electron chi connectivity index (χ4n) is 2.54. The van der Waals surface area contributed by atoms with Crippen molar-refractivity contribution in [1.29, 1.82) is 0 Å². The highest BCUT2D eigenvalue weighted by Crippen LogP contribution is 2.52. The van der Waals surface area contributed by atoms with Crippen LogP contribution in [0.4, 0.5) is 5.95 Å². The number of nitrogen functional groups attached to an aromatic ring is 1. The third-order valence-corrected chi connectivity index (χ3v) is 6.52. The molecule has 0 aliphatic carbocycles. The molecule has 0 radical (unpaired) electrons. The minimum Gasteiger partial charge on any atom is -0.387 e. The van der Waals surface area contributed by atoms with Gasteiger partial charge in [-0.1, -0.05) is 0 Å². The number of nitrogens with two attached hydrogens (primary N) is 1. The molecule has 1 aliphatic heterocycles. The van der Waals surface area contributed by atoms with Gasteiger partial charge in [0.15, 0.2) is 21.7 Å². The fourth-order valence-corrected chi connectivity index (χ4v) is 4.52. The van der Waals surface area contributed by atoms with Crippen LogP contribution >= 0.6 is 24.3 Å². The van der Waals surface area contributed by atoms with E-state index in [0.717, 1.165) is 10.9 Å². The molecule has 1 fully saturated rings. The van der Waals surface area contributed by atoms with Crippen LogP contribution < -0.4 is 11.3 Å². The van der Waals surface area contributed by atoms with Crippen molar-refractivity contribution < 1.29 is 51.6 Å². The number of H-pyrrole nitrogens is 1. The van der Waals surface area contributed by atoms with Gasteiger partial charge in [0, 0.05) is 9.13 Å². The molecule has 0 aromatic carbocycles. The number of phosphoric acid groups is 1. The Kier molecular flexibility index (Phi) is 6.72. The second kappa shape index (κ2) is 8.78. The molecule has 164 valence electrons. The Morgan fingerprint density at radius 3 is 2.67 bits per heavy atom. The molecule has 4 unspecified atom stereocenters. The molecule has 2 aromatic heterocycles. The number of aromatic nitrogens is 4. The fraction of sp³-hybridized carbons (Fsp3) is 0.500. The van der Waals surface area contributed by atoms with Gasteiger partial charge in [-0.3, -0.25) is 14.3 Å². The maximum Gasteiger partial charge on any atom is 0.758 e. The van der Waals surface area contributed by atoms with E-state index in [2.05, 4.69) is 28.1 Å². The zero-order valence-corrected chi connectivity index (χ0v) is 17.1. The maximum atomic E-state index is 11.8. The average molecular weight is 489 g/mol. The van der Waals surface area contributed by atoms with Crippen LogP contribution in [0.15, 0.2) is 11.1 Å². The smallest absolute Gasteiger partial charge is 0.387 e. The molecule has 7 N–H and O–H groups in total. The first-order valence-electron chi connectivity index (χ1n) is 7.71. The van der Waals surface area contributed by atoms with Gasteiger partial charge in [-0.2, -0.15) is 4.98 Å². The van der Waals surface area contributed by atoms with Crippen molar-refractivity contribution in [2.75, 3.05) is 12.3 Å². The Morgan fingerprint density at radius 2 is 2.00 bits per heavy atom. The molecular weight excluding hydrogens is 475 g/mol. The van der Waals surface area contributed by atoms with E-state index in [1.807, 2.05) is 0 Å². The van der Waals surface area contributed by atoms with E-state index in [-0.39, 0.29) is 17.1 Å². The highest BCUT2D eigenvalue weighted by atomic mass is 31.3. The van der Waals surface area contributed by atoms with E-state index >= 15 is 0 Å². The van der Waals surface area contributed by atoms with Crippen LogP contribution in [0.3, 0.4) is 0 Å². The van der Waals surface area contributed by atoms with Crippen LogP contribution in [0.5, 0.6) is 0 Å². The summed E-state index contributed by atoms with van der Waals surface area (Å²) in [7, 11) is -11.8. The zero-order chi connectivity index (χ0) is 22.2. The van der Waals surface area contributed by atoms with Crippen molar-refractivity contribution >= 4 is 41.4 Å². The lowest BCUT2D eigenvalue weighted by Gasteiger charge is -2.16. The number of anilines is 1. The lowest BCUT2D eigenvalue weighted by Crippen LogP contribution is -2.33. The maximum absolute atomic E-state index is 11.8. The van der Waals surface area contributed by atoms with Crippen LogP contribution in [-0.4, -0.2) is 64.4 Å². The molecule has 0 spiro atoms. The van der Waals surface area contributed by atoms with Gasteiger partial charge in [0.1, 0.15) is 24.9 Å². The third-order valence-electron chi connectivity index (χ3n) is 3.71. The molecule has 1 saturated heterocycles. The van der Waals surface area contributed by atoms with Crippen LogP contribution in [0.1, 0.15) is 6.23 Å². The molecule has 1 aliphatic rings. The molecule has 30 heavy (non-hydrogen) atoms. The predicted molar refractivity (Wildman–Crippen MR) is 93.9 cm³/mol. The average Bonchev–Trinajstić information content (AvgIpc) is 3.14.